The Kier molecular flexibility index (Phi) is 4.60. The summed E-state index contributed by atoms with van der Waals surface area (Å²) in [6.07, 6.45) is -0.895. The Balaban J connectivity index is 4.07. The lowest BCUT2D eigenvalue weighted by Gasteiger charge is -2.05. The number of carbonyl (C=O) groups is 2. The highest BCUT2D eigenvalue weighted by molar-refractivity contribution is 5.81. The van der Waals surface area contributed by atoms with Crippen molar-refractivity contribution in [1.82, 2.24) is 0 Å². The summed E-state index contributed by atoms with van der Waals surface area (Å²) < 4.78 is 0. The summed E-state index contributed by atoms with van der Waals surface area (Å²) in [5, 5.41) is 16.5. The molecule has 2 N–H and O–H groups in total. The molecule has 15 heavy (non-hydrogen) atoms. The van der Waals surface area contributed by atoms with Crippen molar-refractivity contribution in [3.8, 4) is 0 Å². The zero-order chi connectivity index (χ0) is 12.0. The van der Waals surface area contributed by atoms with Crippen molar-refractivity contribution in [2.45, 2.75) is 12.5 Å². The third-order valence-electron chi connectivity index (χ3n) is 1.03. The molecule has 11 heteroatoms. The van der Waals surface area contributed by atoms with Crippen LogP contribution in [-0.2, 0) is 19.3 Å². The first-order valence-corrected chi connectivity index (χ1v) is 3.30. The fraction of sp³-hybridized carbons (Fsp3) is 0.500. The number of hydrogen-bond acceptors (Lipinski definition) is 9. The Labute approximate surface area is 80.9 Å². The molecule has 0 aromatic heterocycles. The second-order valence-electron chi connectivity index (χ2n) is 2.13. The number of nitrogens with zero attached hydrogens (tertiary/aromatic N) is 2. The van der Waals surface area contributed by atoms with Crippen LogP contribution in [0.5, 0.6) is 0 Å². The summed E-state index contributed by atoms with van der Waals surface area (Å²) in [6, 6.07) is -1.69. The van der Waals surface area contributed by atoms with Gasteiger partial charge in [-0.25, -0.2) is 9.68 Å². The molecule has 0 aliphatic heterocycles. The molecule has 84 valence electrons. The Morgan fingerprint density at radius 2 is 1.67 bits per heavy atom. The van der Waals surface area contributed by atoms with Crippen molar-refractivity contribution < 1.29 is 29.4 Å². The fourth-order valence-corrected chi connectivity index (χ4v) is 0.524. The standard InChI is InChI=1S/C4H5N3O8/c5-2(4(9)15-7(12)13)1-3(8)14-6(10)11/h2H,1,5H2/t2-/m0/s1. The quantitative estimate of drug-likeness (QED) is 0.416. The highest BCUT2D eigenvalue weighted by Crippen LogP contribution is 1.95. The Morgan fingerprint density at radius 1 is 1.20 bits per heavy atom. The predicted octanol–water partition coefficient (Wildman–Crippen LogP) is -1.83. The lowest BCUT2D eigenvalue weighted by atomic mass is 10.2. The fourth-order valence-electron chi connectivity index (χ4n) is 0.524. The highest BCUT2D eigenvalue weighted by Gasteiger charge is 2.22. The first-order chi connectivity index (χ1) is 6.82. The van der Waals surface area contributed by atoms with Crippen LogP contribution >= 0.6 is 0 Å². The molecule has 0 radical (unpaired) electrons. The van der Waals surface area contributed by atoms with E-state index in [2.05, 4.69) is 9.68 Å². The minimum absolute atomic E-state index is 0.895. The third-order valence-corrected chi connectivity index (χ3v) is 1.03. The van der Waals surface area contributed by atoms with E-state index < -0.39 is 34.6 Å². The zero-order valence-corrected chi connectivity index (χ0v) is 7.02. The molecule has 0 bridgehead atoms. The van der Waals surface area contributed by atoms with Crippen LogP contribution in [0.4, 0.5) is 0 Å². The van der Waals surface area contributed by atoms with Crippen LogP contribution in [0.15, 0.2) is 0 Å². The van der Waals surface area contributed by atoms with Gasteiger partial charge in [0.05, 0.1) is 12.5 Å². The van der Waals surface area contributed by atoms with Crippen LogP contribution in [0.25, 0.3) is 0 Å². The van der Waals surface area contributed by atoms with Crippen LogP contribution in [0.3, 0.4) is 0 Å². The maximum atomic E-state index is 10.6. The molecule has 0 saturated carbocycles. The molecular formula is C4H5N3O8. The lowest BCUT2D eigenvalue weighted by molar-refractivity contribution is -0.731. The summed E-state index contributed by atoms with van der Waals surface area (Å²) >= 11 is 0. The van der Waals surface area contributed by atoms with Gasteiger partial charge in [-0.3, -0.25) is 9.59 Å². The van der Waals surface area contributed by atoms with E-state index in [1.165, 1.54) is 0 Å². The topological polar surface area (TPSA) is 165 Å². The van der Waals surface area contributed by atoms with E-state index in [0.29, 0.717) is 0 Å². The highest BCUT2D eigenvalue weighted by atomic mass is 17.0. The van der Waals surface area contributed by atoms with Gasteiger partial charge in [0.1, 0.15) is 0 Å². The smallest absolute Gasteiger partial charge is 0.319 e. The average Bonchev–Trinajstić information content (AvgIpc) is 2.00. The SMILES string of the molecule is N[C@@H](CC(=O)O[N+](=O)[O-])C(=O)O[N+](=O)[O-]. The molecule has 0 heterocycles. The maximum absolute atomic E-state index is 10.6. The summed E-state index contributed by atoms with van der Waals surface area (Å²) in [7, 11) is 0. The van der Waals surface area contributed by atoms with Crippen molar-refractivity contribution >= 4 is 11.9 Å². The molecule has 0 aliphatic rings. The summed E-state index contributed by atoms with van der Waals surface area (Å²) in [6.45, 7) is 0. The van der Waals surface area contributed by atoms with Gasteiger partial charge < -0.3 is 5.73 Å². The Morgan fingerprint density at radius 3 is 2.07 bits per heavy atom. The van der Waals surface area contributed by atoms with Gasteiger partial charge in [0.2, 0.25) is 0 Å². The molecule has 11 nitrogen and oxygen atoms in total. The van der Waals surface area contributed by atoms with Crippen molar-refractivity contribution in [3.05, 3.63) is 20.2 Å². The second-order valence-corrected chi connectivity index (χ2v) is 2.13. The minimum Gasteiger partial charge on any atom is -0.319 e. The number of carbonyl (C=O) groups excluding carboxylic acids is 2. The molecule has 1 atom stereocenters. The molecule has 0 aliphatic carbocycles. The van der Waals surface area contributed by atoms with E-state index in [1.54, 1.807) is 0 Å². The molecule has 0 rings (SSSR count). The van der Waals surface area contributed by atoms with Gasteiger partial charge in [-0.15, -0.1) is 20.2 Å². The van der Waals surface area contributed by atoms with Crippen LogP contribution in [0.1, 0.15) is 6.42 Å². The van der Waals surface area contributed by atoms with Crippen molar-refractivity contribution in [2.24, 2.45) is 5.73 Å². The third kappa shape index (κ3) is 5.87. The van der Waals surface area contributed by atoms with Gasteiger partial charge in [0.25, 0.3) is 0 Å². The van der Waals surface area contributed by atoms with Gasteiger partial charge in [-0.2, -0.15) is 0 Å². The molecule has 0 saturated heterocycles. The molecule has 0 aromatic rings. The monoisotopic (exact) mass is 223 g/mol. The molecule has 0 aromatic carbocycles. The lowest BCUT2D eigenvalue weighted by Crippen LogP contribution is -2.36. The first-order valence-electron chi connectivity index (χ1n) is 3.30. The summed E-state index contributed by atoms with van der Waals surface area (Å²) in [5.74, 6) is -2.91. The molecule has 0 unspecified atom stereocenters. The van der Waals surface area contributed by atoms with Gasteiger partial charge >= 0.3 is 22.1 Å². The van der Waals surface area contributed by atoms with Crippen molar-refractivity contribution in [3.63, 3.8) is 0 Å². The van der Waals surface area contributed by atoms with Crippen LogP contribution < -0.4 is 5.73 Å². The Hall–Kier alpha value is -2.30. The summed E-state index contributed by atoms with van der Waals surface area (Å²) in [4.78, 5) is 47.2. The molecule has 0 fully saturated rings. The van der Waals surface area contributed by atoms with Gasteiger partial charge in [-0.1, -0.05) is 0 Å². The number of rotatable bonds is 5. The number of hydrogen-bond donors (Lipinski definition) is 1. The molecule has 0 amide bonds. The van der Waals surface area contributed by atoms with Crippen LogP contribution in [0, 0.1) is 20.2 Å². The van der Waals surface area contributed by atoms with E-state index in [-0.39, 0.29) is 0 Å². The first kappa shape index (κ1) is 12.7. The average molecular weight is 223 g/mol. The van der Waals surface area contributed by atoms with E-state index in [0.717, 1.165) is 0 Å². The second kappa shape index (κ2) is 5.43. The largest absolute Gasteiger partial charge is 0.320 e. The molecular weight excluding hydrogens is 218 g/mol. The zero-order valence-electron chi connectivity index (χ0n) is 7.02. The van der Waals surface area contributed by atoms with E-state index in [9.17, 15) is 29.8 Å². The molecule has 0 spiro atoms. The van der Waals surface area contributed by atoms with Crippen molar-refractivity contribution in [1.29, 1.82) is 0 Å². The van der Waals surface area contributed by atoms with Crippen LogP contribution in [-0.4, -0.2) is 28.2 Å². The van der Waals surface area contributed by atoms with Crippen molar-refractivity contribution in [2.75, 3.05) is 0 Å². The van der Waals surface area contributed by atoms with Gasteiger partial charge in [-0.05, 0) is 0 Å². The maximum Gasteiger partial charge on any atom is 0.320 e. The minimum atomic E-state index is -1.69. The van der Waals surface area contributed by atoms with Gasteiger partial charge in [0, 0.05) is 0 Å². The van der Waals surface area contributed by atoms with E-state index in [1.807, 2.05) is 0 Å². The summed E-state index contributed by atoms with van der Waals surface area (Å²) in [5.41, 5.74) is 4.94. The van der Waals surface area contributed by atoms with E-state index in [4.69, 9.17) is 5.73 Å². The number of nitrogens with two attached hydrogens (primary N) is 1. The normalized spacial score (nSPS) is 11.3. The predicted molar refractivity (Wildman–Crippen MR) is 38.8 cm³/mol. The van der Waals surface area contributed by atoms with Crippen LogP contribution in [0.2, 0.25) is 0 Å². The van der Waals surface area contributed by atoms with Gasteiger partial charge in [0.15, 0.2) is 0 Å². The Bertz CT molecular complexity index is 300. The van der Waals surface area contributed by atoms with E-state index >= 15 is 0 Å².